The van der Waals surface area contributed by atoms with E-state index in [2.05, 4.69) is 10.3 Å². The van der Waals surface area contributed by atoms with E-state index in [1.165, 1.54) is 12.1 Å². The van der Waals surface area contributed by atoms with Crippen LogP contribution in [0.2, 0.25) is 0 Å². The summed E-state index contributed by atoms with van der Waals surface area (Å²) in [5, 5.41) is 3.45. The van der Waals surface area contributed by atoms with Crippen LogP contribution in [0, 0.1) is 12.7 Å². The summed E-state index contributed by atoms with van der Waals surface area (Å²) in [7, 11) is 0. The Morgan fingerprint density at radius 2 is 1.81 bits per heavy atom. The molecule has 0 bridgehead atoms. The fraction of sp³-hybridized carbons (Fsp3) is 0.0588. The Morgan fingerprint density at radius 3 is 2.57 bits per heavy atom. The van der Waals surface area contributed by atoms with Crippen LogP contribution >= 0.6 is 0 Å². The normalized spacial score (nSPS) is 10.6. The average Bonchev–Trinajstić information content (AvgIpc) is 2.49. The predicted molar refractivity (Wildman–Crippen MR) is 80.8 cm³/mol. The van der Waals surface area contributed by atoms with Gasteiger partial charge in [0.1, 0.15) is 11.5 Å². The van der Waals surface area contributed by atoms with Gasteiger partial charge in [-0.25, -0.2) is 9.37 Å². The predicted octanol–water partition coefficient (Wildman–Crippen LogP) is 3.93. The molecule has 0 radical (unpaired) electrons. The summed E-state index contributed by atoms with van der Waals surface area (Å²) in [5.41, 5.74) is 2.73. The van der Waals surface area contributed by atoms with Crippen molar-refractivity contribution in [1.82, 2.24) is 4.98 Å². The molecule has 21 heavy (non-hydrogen) atoms. The number of halogens is 1. The molecular weight excluding hydrogens is 267 g/mol. The largest absolute Gasteiger partial charge is 0.321 e. The maximum absolute atomic E-state index is 13.1. The van der Waals surface area contributed by atoms with E-state index < -0.39 is 0 Å². The van der Waals surface area contributed by atoms with E-state index in [0.29, 0.717) is 22.3 Å². The quantitative estimate of drug-likeness (QED) is 0.772. The van der Waals surface area contributed by atoms with Gasteiger partial charge < -0.3 is 5.32 Å². The second-order valence-electron chi connectivity index (χ2n) is 4.85. The van der Waals surface area contributed by atoms with E-state index in [9.17, 15) is 9.18 Å². The molecule has 3 nitrogen and oxygen atoms in total. The number of amides is 1. The molecule has 1 N–H and O–H groups in total. The number of hydrogen-bond donors (Lipinski definition) is 1. The lowest BCUT2D eigenvalue weighted by Gasteiger charge is -2.06. The molecule has 0 fully saturated rings. The van der Waals surface area contributed by atoms with Gasteiger partial charge in [-0.1, -0.05) is 23.8 Å². The van der Waals surface area contributed by atoms with Crippen LogP contribution in [0.25, 0.3) is 10.9 Å². The zero-order chi connectivity index (χ0) is 14.8. The minimum absolute atomic E-state index is 0.287. The topological polar surface area (TPSA) is 42.0 Å². The van der Waals surface area contributed by atoms with Gasteiger partial charge in [0.05, 0.1) is 5.52 Å². The fourth-order valence-electron chi connectivity index (χ4n) is 2.05. The number of carbonyl (C=O) groups excluding carboxylic acids is 1. The molecule has 104 valence electrons. The minimum Gasteiger partial charge on any atom is -0.321 e. The van der Waals surface area contributed by atoms with Gasteiger partial charge in [0.25, 0.3) is 5.91 Å². The van der Waals surface area contributed by atoms with Crippen molar-refractivity contribution in [2.75, 3.05) is 5.32 Å². The molecule has 1 amide bonds. The van der Waals surface area contributed by atoms with Gasteiger partial charge in [-0.3, -0.25) is 4.79 Å². The second-order valence-corrected chi connectivity index (χ2v) is 4.85. The van der Waals surface area contributed by atoms with Crippen molar-refractivity contribution < 1.29 is 9.18 Å². The third-order valence-corrected chi connectivity index (χ3v) is 3.19. The number of pyridine rings is 1. The number of aryl methyl sites for hydroxylation is 1. The molecular formula is C17H13FN2O. The highest BCUT2D eigenvalue weighted by Gasteiger charge is 2.09. The summed E-state index contributed by atoms with van der Waals surface area (Å²) in [4.78, 5) is 16.4. The number of rotatable bonds is 2. The highest BCUT2D eigenvalue weighted by atomic mass is 19.1. The van der Waals surface area contributed by atoms with Crippen LogP contribution in [0.15, 0.2) is 54.6 Å². The van der Waals surface area contributed by atoms with E-state index in [0.717, 1.165) is 5.56 Å². The van der Waals surface area contributed by atoms with Crippen molar-refractivity contribution in [3.05, 3.63) is 71.7 Å². The molecule has 1 aromatic heterocycles. The van der Waals surface area contributed by atoms with E-state index in [-0.39, 0.29) is 11.7 Å². The molecule has 0 atom stereocenters. The molecule has 0 aliphatic carbocycles. The van der Waals surface area contributed by atoms with Crippen molar-refractivity contribution >= 4 is 22.5 Å². The SMILES string of the molecule is Cc1ccc(NC(=O)c2ccc3cc(F)ccc3n2)cc1. The van der Waals surface area contributed by atoms with Gasteiger partial charge >= 0.3 is 0 Å². The number of benzene rings is 2. The number of nitrogens with one attached hydrogen (secondary N) is 1. The average molecular weight is 280 g/mol. The van der Waals surface area contributed by atoms with Crippen molar-refractivity contribution in [2.24, 2.45) is 0 Å². The first-order chi connectivity index (χ1) is 10.1. The smallest absolute Gasteiger partial charge is 0.274 e. The zero-order valence-corrected chi connectivity index (χ0v) is 11.4. The summed E-state index contributed by atoms with van der Waals surface area (Å²) >= 11 is 0. The Hall–Kier alpha value is -2.75. The number of hydrogen-bond acceptors (Lipinski definition) is 2. The monoisotopic (exact) mass is 280 g/mol. The Kier molecular flexibility index (Phi) is 3.36. The van der Waals surface area contributed by atoms with Crippen LogP contribution in [0.4, 0.5) is 10.1 Å². The van der Waals surface area contributed by atoms with Crippen molar-refractivity contribution in [2.45, 2.75) is 6.92 Å². The molecule has 0 spiro atoms. The Morgan fingerprint density at radius 1 is 1.05 bits per heavy atom. The van der Waals surface area contributed by atoms with E-state index in [1.54, 1.807) is 18.2 Å². The second kappa shape index (κ2) is 5.32. The van der Waals surface area contributed by atoms with Crippen molar-refractivity contribution in [1.29, 1.82) is 0 Å². The molecule has 2 aromatic carbocycles. The fourth-order valence-corrected chi connectivity index (χ4v) is 2.05. The van der Waals surface area contributed by atoms with Crippen molar-refractivity contribution in [3.63, 3.8) is 0 Å². The highest BCUT2D eigenvalue weighted by Crippen LogP contribution is 2.15. The van der Waals surface area contributed by atoms with Crippen LogP contribution < -0.4 is 5.32 Å². The van der Waals surface area contributed by atoms with Crippen molar-refractivity contribution in [3.8, 4) is 0 Å². The van der Waals surface area contributed by atoms with E-state index in [4.69, 9.17) is 0 Å². The van der Waals surface area contributed by atoms with Gasteiger partial charge in [0, 0.05) is 11.1 Å². The summed E-state index contributed by atoms with van der Waals surface area (Å²) in [6.45, 7) is 1.98. The Balaban J connectivity index is 1.87. The van der Waals surface area contributed by atoms with Crippen LogP contribution in [0.5, 0.6) is 0 Å². The zero-order valence-electron chi connectivity index (χ0n) is 11.4. The molecule has 0 aliphatic rings. The third kappa shape index (κ3) is 2.89. The van der Waals surface area contributed by atoms with Crippen LogP contribution in [0.3, 0.4) is 0 Å². The number of carbonyl (C=O) groups is 1. The first-order valence-corrected chi connectivity index (χ1v) is 6.56. The molecule has 0 unspecified atom stereocenters. The molecule has 1 heterocycles. The molecule has 3 aromatic rings. The van der Waals surface area contributed by atoms with Gasteiger partial charge in [-0.15, -0.1) is 0 Å². The van der Waals surface area contributed by atoms with Gasteiger partial charge in [0.2, 0.25) is 0 Å². The lowest BCUT2D eigenvalue weighted by atomic mass is 10.2. The van der Waals surface area contributed by atoms with Crippen LogP contribution in [-0.2, 0) is 0 Å². The highest BCUT2D eigenvalue weighted by molar-refractivity contribution is 6.04. The lowest BCUT2D eigenvalue weighted by molar-refractivity contribution is 0.102. The first kappa shape index (κ1) is 13.2. The Labute approximate surface area is 121 Å². The summed E-state index contributed by atoms with van der Waals surface area (Å²) in [6, 6.07) is 15.1. The molecule has 0 aliphatic heterocycles. The standard InChI is InChI=1S/C17H13FN2O/c1-11-2-6-14(7-3-11)19-17(21)16-8-4-12-10-13(18)5-9-15(12)20-16/h2-10H,1H3,(H,19,21). The molecule has 0 saturated carbocycles. The maximum Gasteiger partial charge on any atom is 0.274 e. The van der Waals surface area contributed by atoms with E-state index in [1.807, 2.05) is 31.2 Å². The van der Waals surface area contributed by atoms with Gasteiger partial charge in [-0.05, 0) is 43.3 Å². The van der Waals surface area contributed by atoms with Crippen LogP contribution in [0.1, 0.15) is 16.1 Å². The number of anilines is 1. The molecule has 4 heteroatoms. The summed E-state index contributed by atoms with van der Waals surface area (Å²) in [6.07, 6.45) is 0. The molecule has 3 rings (SSSR count). The van der Waals surface area contributed by atoms with Gasteiger partial charge in [0.15, 0.2) is 0 Å². The number of nitrogens with zero attached hydrogens (tertiary/aromatic N) is 1. The molecule has 0 saturated heterocycles. The minimum atomic E-state index is -0.318. The van der Waals surface area contributed by atoms with Crippen LogP contribution in [-0.4, -0.2) is 10.9 Å². The number of aromatic nitrogens is 1. The van der Waals surface area contributed by atoms with E-state index >= 15 is 0 Å². The first-order valence-electron chi connectivity index (χ1n) is 6.56. The van der Waals surface area contributed by atoms with Gasteiger partial charge in [-0.2, -0.15) is 0 Å². The third-order valence-electron chi connectivity index (χ3n) is 3.19. The maximum atomic E-state index is 13.1. The lowest BCUT2D eigenvalue weighted by Crippen LogP contribution is -2.13. The summed E-state index contributed by atoms with van der Waals surface area (Å²) in [5.74, 6) is -0.605. The number of fused-ring (bicyclic) bond motifs is 1. The summed E-state index contributed by atoms with van der Waals surface area (Å²) < 4.78 is 13.1. The Bertz CT molecular complexity index is 813.